The minimum atomic E-state index is -0.469. The van der Waals surface area contributed by atoms with Gasteiger partial charge in [0.25, 0.3) is 5.91 Å². The summed E-state index contributed by atoms with van der Waals surface area (Å²) in [5, 5.41) is 2.79. The van der Waals surface area contributed by atoms with Crippen LogP contribution in [0.3, 0.4) is 0 Å². The highest BCUT2D eigenvalue weighted by molar-refractivity contribution is 14.1. The van der Waals surface area contributed by atoms with Crippen molar-refractivity contribution in [3.05, 3.63) is 45.0 Å². The molecule has 1 N–H and O–H groups in total. The summed E-state index contributed by atoms with van der Waals surface area (Å²) in [5.41, 5.74) is 1.88. The minimum absolute atomic E-state index is 0.233. The molecule has 22 heavy (non-hydrogen) atoms. The van der Waals surface area contributed by atoms with Crippen LogP contribution in [-0.2, 0) is 9.53 Å². The summed E-state index contributed by atoms with van der Waals surface area (Å²) in [6, 6.07) is 7.09. The van der Waals surface area contributed by atoms with E-state index < -0.39 is 5.97 Å². The summed E-state index contributed by atoms with van der Waals surface area (Å²) in [6.45, 7) is 0.370. The van der Waals surface area contributed by atoms with Gasteiger partial charge in [0.05, 0.1) is 5.56 Å². The van der Waals surface area contributed by atoms with Gasteiger partial charge in [0.15, 0.2) is 6.61 Å². The lowest BCUT2D eigenvalue weighted by molar-refractivity contribution is -0.124. The van der Waals surface area contributed by atoms with Crippen molar-refractivity contribution in [3.8, 4) is 0 Å². The fourth-order valence-electron chi connectivity index (χ4n) is 2.38. The van der Waals surface area contributed by atoms with Crippen LogP contribution in [0.2, 0.25) is 0 Å². The van der Waals surface area contributed by atoms with Crippen molar-refractivity contribution in [1.29, 1.82) is 0 Å². The Kier molecular flexibility index (Phi) is 6.89. The van der Waals surface area contributed by atoms with Crippen molar-refractivity contribution < 1.29 is 14.3 Å². The third-order valence-corrected chi connectivity index (χ3v) is 4.22. The number of nitrogens with one attached hydrogen (secondary N) is 1. The average Bonchev–Trinajstić information content (AvgIpc) is 2.53. The van der Waals surface area contributed by atoms with Crippen LogP contribution in [0.25, 0.3) is 0 Å². The number of carbonyl (C=O) groups is 2. The Hall–Kier alpha value is -1.37. The molecule has 1 aliphatic rings. The monoisotopic (exact) mass is 413 g/mol. The van der Waals surface area contributed by atoms with Gasteiger partial charge in [0, 0.05) is 10.1 Å². The maximum absolute atomic E-state index is 11.8. The highest BCUT2D eigenvalue weighted by Gasteiger charge is 2.10. The number of rotatable bonds is 6. The van der Waals surface area contributed by atoms with Crippen molar-refractivity contribution >= 4 is 34.5 Å². The van der Waals surface area contributed by atoms with Gasteiger partial charge in [-0.15, -0.1) is 0 Å². The number of halogens is 1. The smallest absolute Gasteiger partial charge is 0.338 e. The number of hydrogen-bond acceptors (Lipinski definition) is 3. The lowest BCUT2D eigenvalue weighted by Gasteiger charge is -2.13. The van der Waals surface area contributed by atoms with Gasteiger partial charge in [-0.25, -0.2) is 4.79 Å². The molecule has 4 nitrogen and oxygen atoms in total. The van der Waals surface area contributed by atoms with Crippen LogP contribution >= 0.6 is 22.6 Å². The normalized spacial score (nSPS) is 14.1. The third kappa shape index (κ3) is 5.79. The molecule has 0 heterocycles. The van der Waals surface area contributed by atoms with Gasteiger partial charge >= 0.3 is 5.97 Å². The molecule has 1 amide bonds. The molecule has 5 heteroatoms. The fraction of sp³-hybridized carbons (Fsp3) is 0.412. The first-order valence-corrected chi connectivity index (χ1v) is 8.60. The molecule has 0 bridgehead atoms. The molecule has 0 radical (unpaired) electrons. The van der Waals surface area contributed by atoms with Crippen molar-refractivity contribution in [2.45, 2.75) is 32.1 Å². The van der Waals surface area contributed by atoms with Gasteiger partial charge < -0.3 is 10.1 Å². The molecule has 0 atom stereocenters. The molecule has 0 saturated heterocycles. The molecule has 0 fully saturated rings. The number of allylic oxidation sites excluding steroid dienone is 1. The number of esters is 1. The van der Waals surface area contributed by atoms with E-state index in [1.807, 2.05) is 6.07 Å². The van der Waals surface area contributed by atoms with Gasteiger partial charge in [-0.2, -0.15) is 0 Å². The quantitative estimate of drug-likeness (QED) is 0.442. The molecule has 0 saturated carbocycles. The van der Waals surface area contributed by atoms with E-state index in [1.54, 1.807) is 18.2 Å². The van der Waals surface area contributed by atoms with Crippen LogP contribution in [0.1, 0.15) is 42.5 Å². The largest absolute Gasteiger partial charge is 0.452 e. The van der Waals surface area contributed by atoms with E-state index >= 15 is 0 Å². The molecule has 118 valence electrons. The molecular weight excluding hydrogens is 393 g/mol. The highest BCUT2D eigenvalue weighted by Crippen LogP contribution is 2.19. The lowest BCUT2D eigenvalue weighted by Crippen LogP contribution is -2.29. The maximum atomic E-state index is 11.8. The standard InChI is InChI=1S/C17H20INO3/c18-15-8-4-7-14(11-15)17(21)22-12-16(20)19-10-9-13-5-2-1-3-6-13/h4-5,7-8,11H,1-3,6,9-10,12H2,(H,19,20). The SMILES string of the molecule is O=C(COC(=O)c1cccc(I)c1)NCCC1=CCCCC1. The number of carbonyl (C=O) groups excluding carboxylic acids is 2. The van der Waals surface area contributed by atoms with Gasteiger partial charge in [0.2, 0.25) is 0 Å². The first-order chi connectivity index (χ1) is 10.6. The third-order valence-electron chi connectivity index (χ3n) is 3.55. The van der Waals surface area contributed by atoms with Gasteiger partial charge in [-0.05, 0) is 72.9 Å². The molecule has 0 aliphatic heterocycles. The van der Waals surface area contributed by atoms with Gasteiger partial charge in [0.1, 0.15) is 0 Å². The zero-order valence-electron chi connectivity index (χ0n) is 12.4. The summed E-state index contributed by atoms with van der Waals surface area (Å²) in [5.74, 6) is -0.723. The van der Waals surface area contributed by atoms with Crippen molar-refractivity contribution in [3.63, 3.8) is 0 Å². The molecule has 1 aliphatic carbocycles. The Morgan fingerprint density at radius 3 is 2.86 bits per heavy atom. The van der Waals surface area contributed by atoms with Crippen molar-refractivity contribution in [2.24, 2.45) is 0 Å². The zero-order chi connectivity index (χ0) is 15.8. The minimum Gasteiger partial charge on any atom is -0.452 e. The summed E-state index contributed by atoms with van der Waals surface area (Å²) < 4.78 is 5.97. The van der Waals surface area contributed by atoms with E-state index in [2.05, 4.69) is 34.0 Å². The Morgan fingerprint density at radius 2 is 2.14 bits per heavy atom. The second-order valence-electron chi connectivity index (χ2n) is 5.29. The van der Waals surface area contributed by atoms with Crippen LogP contribution in [0.4, 0.5) is 0 Å². The number of hydrogen-bond donors (Lipinski definition) is 1. The van der Waals surface area contributed by atoms with Crippen LogP contribution < -0.4 is 5.32 Å². The zero-order valence-corrected chi connectivity index (χ0v) is 14.6. The van der Waals surface area contributed by atoms with E-state index in [4.69, 9.17) is 4.74 Å². The first-order valence-electron chi connectivity index (χ1n) is 7.52. The summed E-state index contributed by atoms with van der Waals surface area (Å²) in [7, 11) is 0. The molecule has 0 unspecified atom stereocenters. The number of amides is 1. The molecule has 1 aromatic carbocycles. The molecule has 2 rings (SSSR count). The number of benzene rings is 1. The van der Waals surface area contributed by atoms with Crippen LogP contribution in [0.5, 0.6) is 0 Å². The molecule has 0 spiro atoms. The molecular formula is C17H20INO3. The second-order valence-corrected chi connectivity index (χ2v) is 6.54. The molecule has 0 aromatic heterocycles. The predicted octanol–water partition coefficient (Wildman–Crippen LogP) is 3.45. The summed E-state index contributed by atoms with van der Waals surface area (Å²) in [6.07, 6.45) is 7.95. The lowest BCUT2D eigenvalue weighted by atomic mass is 9.97. The first kappa shape index (κ1) is 17.0. The van der Waals surface area contributed by atoms with E-state index in [9.17, 15) is 9.59 Å². The van der Waals surface area contributed by atoms with Crippen LogP contribution in [-0.4, -0.2) is 25.0 Å². The summed E-state index contributed by atoms with van der Waals surface area (Å²) >= 11 is 2.13. The van der Waals surface area contributed by atoms with Gasteiger partial charge in [-0.1, -0.05) is 17.7 Å². The summed E-state index contributed by atoms with van der Waals surface area (Å²) in [4.78, 5) is 23.5. The highest BCUT2D eigenvalue weighted by atomic mass is 127. The Labute approximate surface area is 144 Å². The number of ether oxygens (including phenoxy) is 1. The Morgan fingerprint density at radius 1 is 1.27 bits per heavy atom. The second kappa shape index (κ2) is 8.92. The van der Waals surface area contributed by atoms with E-state index in [0.717, 1.165) is 22.8 Å². The molecule has 1 aromatic rings. The van der Waals surface area contributed by atoms with Crippen molar-refractivity contribution in [2.75, 3.05) is 13.2 Å². The Bertz CT molecular complexity index is 569. The van der Waals surface area contributed by atoms with Crippen LogP contribution in [0.15, 0.2) is 35.9 Å². The van der Waals surface area contributed by atoms with E-state index in [0.29, 0.717) is 12.1 Å². The van der Waals surface area contributed by atoms with Gasteiger partial charge in [-0.3, -0.25) is 4.79 Å². The van der Waals surface area contributed by atoms with E-state index in [1.165, 1.54) is 18.4 Å². The fourth-order valence-corrected chi connectivity index (χ4v) is 2.92. The van der Waals surface area contributed by atoms with Crippen LogP contribution in [0, 0.1) is 3.57 Å². The van der Waals surface area contributed by atoms with Crippen molar-refractivity contribution in [1.82, 2.24) is 5.32 Å². The maximum Gasteiger partial charge on any atom is 0.338 e. The Balaban J connectivity index is 1.67. The average molecular weight is 413 g/mol. The van der Waals surface area contributed by atoms with E-state index in [-0.39, 0.29) is 12.5 Å². The topological polar surface area (TPSA) is 55.4 Å². The predicted molar refractivity (Wildman–Crippen MR) is 93.6 cm³/mol.